The Morgan fingerprint density at radius 2 is 1.94 bits per heavy atom. The Hall–Kier alpha value is -0.730. The molecule has 4 heteroatoms. The van der Waals surface area contributed by atoms with Gasteiger partial charge in [-0.25, -0.2) is 0 Å². The number of phenolic OH excluding ortho intramolecular Hbond substituents is 1. The van der Waals surface area contributed by atoms with Crippen LogP contribution >= 0.6 is 23.2 Å². The van der Waals surface area contributed by atoms with Crippen molar-refractivity contribution in [2.45, 2.75) is 27.2 Å². The van der Waals surface area contributed by atoms with Crippen LogP contribution in [-0.2, 0) is 0 Å². The topological polar surface area (TPSA) is 37.3 Å². The Morgan fingerprint density at radius 1 is 1.38 bits per heavy atom. The minimum absolute atomic E-state index is 0.0998. The molecule has 1 aromatic carbocycles. The van der Waals surface area contributed by atoms with E-state index >= 15 is 0 Å². The Kier molecular flexibility index (Phi) is 3.87. The van der Waals surface area contributed by atoms with Crippen LogP contribution in [0.2, 0.25) is 10.0 Å². The summed E-state index contributed by atoms with van der Waals surface area (Å²) in [4.78, 5) is 12.1. The van der Waals surface area contributed by atoms with Crippen LogP contribution in [0.15, 0.2) is 12.1 Å². The number of Topliss-reactive ketones (excluding diaryl/α,β-unsaturated/α-hetero) is 1. The Morgan fingerprint density at radius 3 is 2.44 bits per heavy atom. The fourth-order valence-corrected chi connectivity index (χ4v) is 1.76. The molecule has 0 aliphatic heterocycles. The van der Waals surface area contributed by atoms with Gasteiger partial charge in [0.15, 0.2) is 5.78 Å². The average molecular weight is 261 g/mol. The molecule has 0 aliphatic rings. The number of phenols is 1. The lowest BCUT2D eigenvalue weighted by atomic mass is 9.82. The number of benzene rings is 1. The maximum absolute atomic E-state index is 12.1. The second-order valence-corrected chi connectivity index (χ2v) is 5.19. The van der Waals surface area contributed by atoms with Crippen molar-refractivity contribution in [2.24, 2.45) is 5.41 Å². The van der Waals surface area contributed by atoms with E-state index in [0.717, 1.165) is 0 Å². The quantitative estimate of drug-likeness (QED) is 0.823. The van der Waals surface area contributed by atoms with Crippen molar-refractivity contribution in [3.05, 3.63) is 27.7 Å². The van der Waals surface area contributed by atoms with Crippen LogP contribution < -0.4 is 0 Å². The molecule has 0 atom stereocenters. The van der Waals surface area contributed by atoms with E-state index < -0.39 is 5.41 Å². The summed E-state index contributed by atoms with van der Waals surface area (Å²) in [6, 6.07) is 2.86. The Labute approximate surface area is 105 Å². The molecule has 0 saturated carbocycles. The fraction of sp³-hybridized carbons (Fsp3) is 0.417. The van der Waals surface area contributed by atoms with Crippen LogP contribution in [0.4, 0.5) is 0 Å². The minimum atomic E-state index is -0.536. The molecular formula is C12H14Cl2O2. The normalized spacial score (nSPS) is 11.6. The van der Waals surface area contributed by atoms with Crippen molar-refractivity contribution in [3.8, 4) is 5.75 Å². The molecule has 1 N–H and O–H groups in total. The van der Waals surface area contributed by atoms with Crippen molar-refractivity contribution < 1.29 is 9.90 Å². The summed E-state index contributed by atoms with van der Waals surface area (Å²) >= 11 is 11.6. The van der Waals surface area contributed by atoms with Crippen molar-refractivity contribution in [3.63, 3.8) is 0 Å². The number of halogens is 2. The van der Waals surface area contributed by atoms with Crippen LogP contribution in [0.25, 0.3) is 0 Å². The molecular weight excluding hydrogens is 247 g/mol. The summed E-state index contributed by atoms with van der Waals surface area (Å²) in [6.07, 6.45) is 0.676. The van der Waals surface area contributed by atoms with Gasteiger partial charge in [0.25, 0.3) is 0 Å². The van der Waals surface area contributed by atoms with E-state index in [0.29, 0.717) is 11.4 Å². The third-order valence-electron chi connectivity index (χ3n) is 2.77. The molecule has 0 unspecified atom stereocenters. The number of rotatable bonds is 3. The molecule has 16 heavy (non-hydrogen) atoms. The molecule has 0 aromatic heterocycles. The van der Waals surface area contributed by atoms with Gasteiger partial charge < -0.3 is 5.11 Å². The van der Waals surface area contributed by atoms with Gasteiger partial charge in [-0.05, 0) is 18.6 Å². The van der Waals surface area contributed by atoms with Crippen LogP contribution in [-0.4, -0.2) is 10.9 Å². The van der Waals surface area contributed by atoms with Gasteiger partial charge in [0, 0.05) is 10.4 Å². The summed E-state index contributed by atoms with van der Waals surface area (Å²) < 4.78 is 0. The van der Waals surface area contributed by atoms with E-state index in [9.17, 15) is 9.90 Å². The maximum atomic E-state index is 12.1. The molecule has 88 valence electrons. The van der Waals surface area contributed by atoms with Crippen LogP contribution in [0.3, 0.4) is 0 Å². The van der Waals surface area contributed by atoms with Gasteiger partial charge in [-0.1, -0.05) is 44.0 Å². The van der Waals surface area contributed by atoms with Gasteiger partial charge in [-0.15, -0.1) is 0 Å². The SMILES string of the molecule is CCC(C)(C)C(=O)c1cc(Cl)cc(Cl)c1O. The highest BCUT2D eigenvalue weighted by molar-refractivity contribution is 6.36. The van der Waals surface area contributed by atoms with Crippen LogP contribution in [0, 0.1) is 5.41 Å². The first-order valence-electron chi connectivity index (χ1n) is 5.02. The lowest BCUT2D eigenvalue weighted by Gasteiger charge is -2.21. The zero-order valence-electron chi connectivity index (χ0n) is 9.47. The van der Waals surface area contributed by atoms with Crippen LogP contribution in [0.5, 0.6) is 5.75 Å². The van der Waals surface area contributed by atoms with E-state index in [1.165, 1.54) is 12.1 Å². The number of carbonyl (C=O) groups excluding carboxylic acids is 1. The van der Waals surface area contributed by atoms with Crippen molar-refractivity contribution in [1.29, 1.82) is 0 Å². The van der Waals surface area contributed by atoms with E-state index in [-0.39, 0.29) is 22.1 Å². The first-order chi connectivity index (χ1) is 7.29. The van der Waals surface area contributed by atoms with Gasteiger partial charge in [0.05, 0.1) is 10.6 Å². The van der Waals surface area contributed by atoms with Gasteiger partial charge in [0.2, 0.25) is 0 Å². The lowest BCUT2D eigenvalue weighted by molar-refractivity contribution is 0.0830. The van der Waals surface area contributed by atoms with Gasteiger partial charge in [0.1, 0.15) is 5.75 Å². The predicted octanol–water partition coefficient (Wildman–Crippen LogP) is 4.32. The molecule has 1 rings (SSSR count). The zero-order valence-corrected chi connectivity index (χ0v) is 11.0. The highest BCUT2D eigenvalue weighted by Crippen LogP contribution is 2.36. The molecule has 0 aliphatic carbocycles. The first kappa shape index (κ1) is 13.3. The summed E-state index contributed by atoms with van der Waals surface area (Å²) in [5.41, 5.74) is -0.352. The molecule has 0 spiro atoms. The highest BCUT2D eigenvalue weighted by atomic mass is 35.5. The van der Waals surface area contributed by atoms with Crippen LogP contribution in [0.1, 0.15) is 37.6 Å². The highest BCUT2D eigenvalue weighted by Gasteiger charge is 2.29. The number of ketones is 1. The molecule has 0 saturated heterocycles. The molecule has 0 radical (unpaired) electrons. The second-order valence-electron chi connectivity index (χ2n) is 4.35. The minimum Gasteiger partial charge on any atom is -0.506 e. The third-order valence-corrected chi connectivity index (χ3v) is 3.28. The number of hydrogen-bond donors (Lipinski definition) is 1. The Bertz CT molecular complexity index is 425. The van der Waals surface area contributed by atoms with E-state index in [1.807, 2.05) is 20.8 Å². The monoisotopic (exact) mass is 260 g/mol. The van der Waals surface area contributed by atoms with E-state index in [4.69, 9.17) is 23.2 Å². The van der Waals surface area contributed by atoms with Crippen molar-refractivity contribution in [2.75, 3.05) is 0 Å². The lowest BCUT2D eigenvalue weighted by Crippen LogP contribution is -2.23. The van der Waals surface area contributed by atoms with Gasteiger partial charge in [-0.3, -0.25) is 4.79 Å². The summed E-state index contributed by atoms with van der Waals surface area (Å²) in [7, 11) is 0. The van der Waals surface area contributed by atoms with E-state index in [2.05, 4.69) is 0 Å². The third kappa shape index (κ3) is 2.50. The van der Waals surface area contributed by atoms with Crippen molar-refractivity contribution in [1.82, 2.24) is 0 Å². The summed E-state index contributed by atoms with van der Waals surface area (Å²) in [6.45, 7) is 5.56. The predicted molar refractivity (Wildman–Crippen MR) is 66.5 cm³/mol. The van der Waals surface area contributed by atoms with Gasteiger partial charge in [-0.2, -0.15) is 0 Å². The molecule has 2 nitrogen and oxygen atoms in total. The smallest absolute Gasteiger partial charge is 0.172 e. The molecule has 0 amide bonds. The first-order valence-corrected chi connectivity index (χ1v) is 5.78. The maximum Gasteiger partial charge on any atom is 0.172 e. The summed E-state index contributed by atoms with van der Waals surface area (Å²) in [5.74, 6) is -0.352. The number of aromatic hydroxyl groups is 1. The number of carbonyl (C=O) groups is 1. The van der Waals surface area contributed by atoms with Gasteiger partial charge >= 0.3 is 0 Å². The summed E-state index contributed by atoms with van der Waals surface area (Å²) in [5, 5.41) is 10.2. The number of hydrogen-bond acceptors (Lipinski definition) is 2. The zero-order chi connectivity index (χ0) is 12.5. The standard InChI is InChI=1S/C12H14Cl2O2/c1-4-12(2,3)11(16)8-5-7(13)6-9(14)10(8)15/h5-6,15H,4H2,1-3H3. The largest absolute Gasteiger partial charge is 0.506 e. The second kappa shape index (κ2) is 4.64. The fourth-order valence-electron chi connectivity index (χ4n) is 1.26. The van der Waals surface area contributed by atoms with E-state index in [1.54, 1.807) is 0 Å². The average Bonchev–Trinajstić information content (AvgIpc) is 2.22. The van der Waals surface area contributed by atoms with Crippen molar-refractivity contribution >= 4 is 29.0 Å². The molecule has 0 fully saturated rings. The Balaban J connectivity index is 3.29. The molecule has 1 aromatic rings. The molecule has 0 bridgehead atoms. The molecule has 0 heterocycles.